The number of rotatable bonds is 3. The van der Waals surface area contributed by atoms with E-state index in [0.29, 0.717) is 0 Å². The van der Waals surface area contributed by atoms with Gasteiger partial charge < -0.3 is 14.5 Å². The second-order valence-corrected chi connectivity index (χ2v) is 6.83. The van der Waals surface area contributed by atoms with E-state index in [1.165, 1.54) is 16.6 Å². The average Bonchev–Trinajstić information content (AvgIpc) is 3.03. The number of anilines is 2. The highest BCUT2D eigenvalue weighted by Gasteiger charge is 2.21. The highest BCUT2D eigenvalue weighted by Crippen LogP contribution is 2.31. The number of fused-ring (bicyclic) bond motifs is 1. The number of nitrogens with zero attached hydrogens (tertiary/aromatic N) is 4. The van der Waals surface area contributed by atoms with Crippen molar-refractivity contribution in [1.29, 1.82) is 0 Å². The van der Waals surface area contributed by atoms with Crippen LogP contribution in [-0.2, 0) is 0 Å². The molecule has 0 atom stereocenters. The summed E-state index contributed by atoms with van der Waals surface area (Å²) in [5, 5.41) is 3.37. The molecule has 3 heterocycles. The third kappa shape index (κ3) is 2.67. The van der Waals surface area contributed by atoms with Gasteiger partial charge in [0.25, 0.3) is 0 Å². The number of ether oxygens (including phenoxy) is 1. The van der Waals surface area contributed by atoms with Crippen LogP contribution in [0.2, 0.25) is 0 Å². The van der Waals surface area contributed by atoms with Crippen molar-refractivity contribution >= 4 is 33.1 Å². The second-order valence-electron chi connectivity index (χ2n) is 5.97. The molecule has 0 saturated carbocycles. The number of thiophene rings is 1. The molecule has 0 unspecified atom stereocenters. The molecule has 5 nitrogen and oxygen atoms in total. The van der Waals surface area contributed by atoms with Gasteiger partial charge in [-0.05, 0) is 30.0 Å². The first kappa shape index (κ1) is 15.2. The molecule has 4 rings (SSSR count). The molecule has 0 radical (unpaired) electrons. The summed E-state index contributed by atoms with van der Waals surface area (Å²) >= 11 is 1.69. The minimum absolute atomic E-state index is 0.904. The molecular formula is C18H20N4OS. The molecule has 1 saturated heterocycles. The lowest BCUT2D eigenvalue weighted by Gasteiger charge is -2.37. The summed E-state index contributed by atoms with van der Waals surface area (Å²) in [7, 11) is 1.71. The lowest BCUT2D eigenvalue weighted by Crippen LogP contribution is -2.46. The minimum atomic E-state index is 0.904. The molecule has 0 aliphatic carbocycles. The summed E-state index contributed by atoms with van der Waals surface area (Å²) in [5.74, 6) is 1.98. The van der Waals surface area contributed by atoms with Crippen LogP contribution in [-0.4, -0.2) is 43.3 Å². The molecule has 1 fully saturated rings. The molecule has 3 aromatic rings. The van der Waals surface area contributed by atoms with Crippen molar-refractivity contribution in [1.82, 2.24) is 9.97 Å². The van der Waals surface area contributed by atoms with Crippen molar-refractivity contribution in [3.8, 4) is 5.75 Å². The summed E-state index contributed by atoms with van der Waals surface area (Å²) in [6.07, 6.45) is 1.68. The first-order valence-electron chi connectivity index (χ1n) is 8.09. The Morgan fingerprint density at radius 1 is 1.08 bits per heavy atom. The molecule has 24 heavy (non-hydrogen) atoms. The van der Waals surface area contributed by atoms with Gasteiger partial charge in [0.15, 0.2) is 0 Å². The lowest BCUT2D eigenvalue weighted by atomic mass is 10.2. The standard InChI is InChI=1S/C18H20N4OS/c1-13-11-24-18-16(13)17(19-12-20-18)22-8-6-21(7-9-22)14-4-3-5-15(10-14)23-2/h3-5,10-12H,6-9H2,1-2H3. The molecule has 1 aliphatic rings. The molecule has 2 aromatic heterocycles. The maximum Gasteiger partial charge on any atom is 0.141 e. The third-order valence-corrected chi connectivity index (χ3v) is 5.54. The van der Waals surface area contributed by atoms with Crippen LogP contribution in [0.15, 0.2) is 36.0 Å². The number of benzene rings is 1. The normalized spacial score (nSPS) is 15.1. The van der Waals surface area contributed by atoms with Gasteiger partial charge in [-0.25, -0.2) is 9.97 Å². The maximum absolute atomic E-state index is 5.34. The largest absolute Gasteiger partial charge is 0.497 e. The molecule has 0 spiro atoms. The zero-order chi connectivity index (χ0) is 16.5. The fourth-order valence-corrected chi connectivity index (χ4v) is 4.11. The topological polar surface area (TPSA) is 41.5 Å². The number of aryl methyl sites for hydroxylation is 1. The number of piperazine rings is 1. The van der Waals surface area contributed by atoms with Gasteiger partial charge in [0.1, 0.15) is 22.7 Å². The zero-order valence-corrected chi connectivity index (χ0v) is 14.7. The zero-order valence-electron chi connectivity index (χ0n) is 13.9. The Bertz CT molecular complexity index is 855. The Labute approximate surface area is 145 Å². The number of hydrogen-bond donors (Lipinski definition) is 0. The Hall–Kier alpha value is -2.34. The molecular weight excluding hydrogens is 320 g/mol. The van der Waals surface area contributed by atoms with Crippen molar-refractivity contribution in [3.63, 3.8) is 0 Å². The van der Waals surface area contributed by atoms with E-state index in [0.717, 1.165) is 42.6 Å². The Kier molecular flexibility index (Phi) is 3.98. The van der Waals surface area contributed by atoms with Crippen LogP contribution >= 0.6 is 11.3 Å². The van der Waals surface area contributed by atoms with E-state index in [2.05, 4.69) is 44.2 Å². The predicted molar refractivity (Wildman–Crippen MR) is 99.6 cm³/mol. The van der Waals surface area contributed by atoms with Gasteiger partial charge in [0, 0.05) is 37.9 Å². The Balaban J connectivity index is 1.54. The van der Waals surface area contributed by atoms with E-state index in [4.69, 9.17) is 4.74 Å². The maximum atomic E-state index is 5.34. The van der Waals surface area contributed by atoms with E-state index >= 15 is 0 Å². The molecule has 124 valence electrons. The molecule has 1 aromatic carbocycles. The summed E-state index contributed by atoms with van der Waals surface area (Å²) in [4.78, 5) is 14.8. The molecule has 0 bridgehead atoms. The van der Waals surface area contributed by atoms with E-state index in [1.54, 1.807) is 24.8 Å². The Morgan fingerprint density at radius 3 is 2.67 bits per heavy atom. The molecule has 0 N–H and O–H groups in total. The Morgan fingerprint density at radius 2 is 1.88 bits per heavy atom. The predicted octanol–water partition coefficient (Wildman–Crippen LogP) is 3.33. The van der Waals surface area contributed by atoms with E-state index in [9.17, 15) is 0 Å². The molecule has 0 amide bonds. The van der Waals surface area contributed by atoms with Gasteiger partial charge in [-0.1, -0.05) is 6.07 Å². The van der Waals surface area contributed by atoms with Gasteiger partial charge >= 0.3 is 0 Å². The fourth-order valence-electron chi connectivity index (χ4n) is 3.22. The highest BCUT2D eigenvalue weighted by molar-refractivity contribution is 7.17. The van der Waals surface area contributed by atoms with Crippen LogP contribution in [0, 0.1) is 6.92 Å². The highest BCUT2D eigenvalue weighted by atomic mass is 32.1. The average molecular weight is 340 g/mol. The van der Waals surface area contributed by atoms with Crippen molar-refractivity contribution in [2.24, 2.45) is 0 Å². The number of hydrogen-bond acceptors (Lipinski definition) is 6. The van der Waals surface area contributed by atoms with Crippen LogP contribution in [0.3, 0.4) is 0 Å². The first-order chi connectivity index (χ1) is 11.8. The van der Waals surface area contributed by atoms with Gasteiger partial charge in [0.05, 0.1) is 12.5 Å². The number of methoxy groups -OCH3 is 1. The summed E-state index contributed by atoms with van der Waals surface area (Å²) in [6, 6.07) is 8.27. The van der Waals surface area contributed by atoms with Gasteiger partial charge in [-0.3, -0.25) is 0 Å². The fraction of sp³-hybridized carbons (Fsp3) is 0.333. The summed E-state index contributed by atoms with van der Waals surface area (Å²) < 4.78 is 5.34. The minimum Gasteiger partial charge on any atom is -0.497 e. The molecule has 1 aliphatic heterocycles. The van der Waals surface area contributed by atoms with E-state index in [1.807, 2.05) is 12.1 Å². The SMILES string of the molecule is COc1cccc(N2CCN(c3ncnc4scc(C)c34)CC2)c1. The second kappa shape index (κ2) is 6.28. The first-order valence-corrected chi connectivity index (χ1v) is 8.97. The van der Waals surface area contributed by atoms with Crippen molar-refractivity contribution < 1.29 is 4.74 Å². The van der Waals surface area contributed by atoms with Crippen LogP contribution in [0.1, 0.15) is 5.56 Å². The van der Waals surface area contributed by atoms with E-state index in [-0.39, 0.29) is 0 Å². The van der Waals surface area contributed by atoms with E-state index < -0.39 is 0 Å². The smallest absolute Gasteiger partial charge is 0.141 e. The third-order valence-electron chi connectivity index (χ3n) is 4.53. The quantitative estimate of drug-likeness (QED) is 0.731. The van der Waals surface area contributed by atoms with Gasteiger partial charge in [-0.2, -0.15) is 0 Å². The van der Waals surface area contributed by atoms with Crippen LogP contribution in [0.5, 0.6) is 5.75 Å². The van der Waals surface area contributed by atoms with Crippen molar-refractivity contribution in [2.75, 3.05) is 43.1 Å². The summed E-state index contributed by atoms with van der Waals surface area (Å²) in [5.41, 5.74) is 2.48. The monoisotopic (exact) mass is 340 g/mol. The van der Waals surface area contributed by atoms with Gasteiger partial charge in [0.2, 0.25) is 0 Å². The molecule has 6 heteroatoms. The van der Waals surface area contributed by atoms with Crippen LogP contribution in [0.25, 0.3) is 10.2 Å². The van der Waals surface area contributed by atoms with Crippen molar-refractivity contribution in [3.05, 3.63) is 41.5 Å². The van der Waals surface area contributed by atoms with Gasteiger partial charge in [-0.15, -0.1) is 11.3 Å². The lowest BCUT2D eigenvalue weighted by molar-refractivity contribution is 0.414. The number of aromatic nitrogens is 2. The van der Waals surface area contributed by atoms with Crippen LogP contribution < -0.4 is 14.5 Å². The summed E-state index contributed by atoms with van der Waals surface area (Å²) in [6.45, 7) is 6.00. The van der Waals surface area contributed by atoms with Crippen LogP contribution in [0.4, 0.5) is 11.5 Å². The van der Waals surface area contributed by atoms with Crippen molar-refractivity contribution in [2.45, 2.75) is 6.92 Å².